The number of hydrazone groups is 1. The number of nitrogens with one attached hydrogen (secondary N) is 1. The average Bonchev–Trinajstić information content (AvgIpc) is 2.80. The Hall–Kier alpha value is -3.57. The van der Waals surface area contributed by atoms with Gasteiger partial charge in [0.05, 0.1) is 23.2 Å². The van der Waals surface area contributed by atoms with Crippen LogP contribution < -0.4 is 5.43 Å². The molecule has 0 radical (unpaired) electrons. The predicted molar refractivity (Wildman–Crippen MR) is 118 cm³/mol. The molecule has 1 N–H and O–H groups in total. The molecule has 11 heteroatoms. The first-order valence-electron chi connectivity index (χ1n) is 9.85. The number of halogens is 4. The lowest BCUT2D eigenvalue weighted by Crippen LogP contribution is -2.39. The van der Waals surface area contributed by atoms with Crippen LogP contribution in [0.3, 0.4) is 0 Å². The minimum absolute atomic E-state index is 0.0625. The van der Waals surface area contributed by atoms with E-state index in [1.807, 2.05) is 0 Å². The summed E-state index contributed by atoms with van der Waals surface area (Å²) in [7, 11) is -4.13. The number of nitrogens with zero attached hydrogens (tertiary/aromatic N) is 2. The van der Waals surface area contributed by atoms with Gasteiger partial charge in [0, 0.05) is 12.1 Å². The van der Waals surface area contributed by atoms with Gasteiger partial charge in [0.15, 0.2) is 0 Å². The van der Waals surface area contributed by atoms with Gasteiger partial charge in [0.1, 0.15) is 5.82 Å². The highest BCUT2D eigenvalue weighted by Crippen LogP contribution is 2.31. The fourth-order valence-corrected chi connectivity index (χ4v) is 4.40. The lowest BCUT2D eigenvalue weighted by atomic mass is 10.1. The smallest absolute Gasteiger partial charge is 0.272 e. The van der Waals surface area contributed by atoms with Crippen LogP contribution in [-0.2, 0) is 27.5 Å². The van der Waals surface area contributed by atoms with Crippen LogP contribution >= 0.6 is 0 Å². The van der Waals surface area contributed by atoms with E-state index in [0.29, 0.717) is 5.56 Å². The summed E-state index contributed by atoms with van der Waals surface area (Å²) in [5.41, 5.74) is 1.28. The number of benzene rings is 3. The summed E-state index contributed by atoms with van der Waals surface area (Å²) in [6.45, 7) is -0.918. The van der Waals surface area contributed by atoms with Crippen LogP contribution in [0, 0.1) is 5.82 Å². The van der Waals surface area contributed by atoms with Crippen molar-refractivity contribution < 1.29 is 30.8 Å². The largest absolute Gasteiger partial charge is 0.417 e. The molecular formula is C23H19F4N3O3S. The standard InChI is InChI=1S/C23H19F4N3O3S/c24-19-12-10-17(11-13-19)15-30(34(32,33)20-7-2-1-3-8-20)16-22(31)29-28-14-18-6-4-5-9-21(18)23(25,26)27/h1-14H,15-16H2,(H,29,31)/b28-14-. The van der Waals surface area contributed by atoms with E-state index < -0.39 is 40.0 Å². The zero-order valence-corrected chi connectivity index (χ0v) is 18.4. The summed E-state index contributed by atoms with van der Waals surface area (Å²) in [5, 5.41) is 3.55. The monoisotopic (exact) mass is 493 g/mol. The summed E-state index contributed by atoms with van der Waals surface area (Å²) in [6, 6.07) is 17.1. The second-order valence-corrected chi connectivity index (χ2v) is 9.03. The minimum atomic E-state index is -4.61. The van der Waals surface area contributed by atoms with Crippen molar-refractivity contribution in [3.63, 3.8) is 0 Å². The van der Waals surface area contributed by atoms with E-state index in [4.69, 9.17) is 0 Å². The molecule has 0 unspecified atom stereocenters. The fourth-order valence-electron chi connectivity index (χ4n) is 3.00. The van der Waals surface area contributed by atoms with E-state index >= 15 is 0 Å². The van der Waals surface area contributed by atoms with Crippen LogP contribution in [0.25, 0.3) is 0 Å². The quantitative estimate of drug-likeness (QED) is 0.291. The Morgan fingerprint density at radius 3 is 2.21 bits per heavy atom. The zero-order valence-electron chi connectivity index (χ0n) is 17.5. The molecule has 0 spiro atoms. The molecule has 0 saturated heterocycles. The first-order valence-corrected chi connectivity index (χ1v) is 11.3. The molecule has 6 nitrogen and oxygen atoms in total. The zero-order chi connectivity index (χ0) is 24.8. The molecule has 34 heavy (non-hydrogen) atoms. The van der Waals surface area contributed by atoms with Crippen LogP contribution in [-0.4, -0.2) is 31.4 Å². The van der Waals surface area contributed by atoms with E-state index in [1.54, 1.807) is 6.07 Å². The topological polar surface area (TPSA) is 78.8 Å². The summed E-state index contributed by atoms with van der Waals surface area (Å²) < 4.78 is 79.5. The molecule has 178 valence electrons. The molecule has 3 aromatic rings. The van der Waals surface area contributed by atoms with Crippen molar-refractivity contribution in [2.45, 2.75) is 17.6 Å². The SMILES string of the molecule is O=C(CN(Cc1ccc(F)cc1)S(=O)(=O)c1ccccc1)N/N=C\c1ccccc1C(F)(F)F. The van der Waals surface area contributed by atoms with Crippen molar-refractivity contribution >= 4 is 22.1 Å². The van der Waals surface area contributed by atoms with Crippen molar-refractivity contribution in [2.75, 3.05) is 6.54 Å². The molecule has 0 bridgehead atoms. The van der Waals surface area contributed by atoms with Crippen molar-refractivity contribution in [1.82, 2.24) is 9.73 Å². The number of carbonyl (C=O) groups excluding carboxylic acids is 1. The van der Waals surface area contributed by atoms with Gasteiger partial charge in [-0.15, -0.1) is 0 Å². The maximum atomic E-state index is 13.2. The molecule has 1 amide bonds. The number of carbonyl (C=O) groups is 1. The molecule has 3 aromatic carbocycles. The van der Waals surface area contributed by atoms with Gasteiger partial charge in [-0.1, -0.05) is 48.5 Å². The second-order valence-electron chi connectivity index (χ2n) is 7.09. The van der Waals surface area contributed by atoms with Gasteiger partial charge in [-0.05, 0) is 35.9 Å². The maximum absolute atomic E-state index is 13.2. The first kappa shape index (κ1) is 25.1. The summed E-state index contributed by atoms with van der Waals surface area (Å²) >= 11 is 0. The van der Waals surface area contributed by atoms with Crippen LogP contribution in [0.5, 0.6) is 0 Å². The molecule has 0 heterocycles. The third kappa shape index (κ3) is 6.49. The molecule has 0 aromatic heterocycles. The third-order valence-electron chi connectivity index (χ3n) is 4.63. The normalized spacial score (nSPS) is 12.3. The Balaban J connectivity index is 1.79. The highest BCUT2D eigenvalue weighted by molar-refractivity contribution is 7.89. The van der Waals surface area contributed by atoms with Crippen LogP contribution in [0.4, 0.5) is 17.6 Å². The Labute approximate surface area is 193 Å². The Kier molecular flexibility index (Phi) is 7.79. The van der Waals surface area contributed by atoms with E-state index in [-0.39, 0.29) is 17.0 Å². The van der Waals surface area contributed by atoms with Crippen LogP contribution in [0.15, 0.2) is 88.9 Å². The van der Waals surface area contributed by atoms with Gasteiger partial charge >= 0.3 is 6.18 Å². The minimum Gasteiger partial charge on any atom is -0.272 e. The highest BCUT2D eigenvalue weighted by Gasteiger charge is 2.32. The molecule has 0 aliphatic heterocycles. The number of alkyl halides is 3. The Bertz CT molecular complexity index is 1260. The molecule has 3 rings (SSSR count). The predicted octanol–water partition coefficient (Wildman–Crippen LogP) is 4.19. The number of amides is 1. The lowest BCUT2D eigenvalue weighted by molar-refractivity contribution is -0.137. The van der Waals surface area contributed by atoms with Gasteiger partial charge < -0.3 is 0 Å². The molecule has 0 aliphatic rings. The van der Waals surface area contributed by atoms with Gasteiger partial charge in [0.25, 0.3) is 5.91 Å². The molecule has 0 atom stereocenters. The third-order valence-corrected chi connectivity index (χ3v) is 6.44. The number of rotatable bonds is 8. The molecule has 0 aliphatic carbocycles. The number of sulfonamides is 1. The van der Waals surface area contributed by atoms with Gasteiger partial charge in [0.2, 0.25) is 10.0 Å². The van der Waals surface area contributed by atoms with E-state index in [9.17, 15) is 30.8 Å². The maximum Gasteiger partial charge on any atom is 0.417 e. The van der Waals surface area contributed by atoms with Gasteiger partial charge in [-0.25, -0.2) is 18.2 Å². The van der Waals surface area contributed by atoms with Crippen molar-refractivity contribution in [3.8, 4) is 0 Å². The van der Waals surface area contributed by atoms with E-state index in [0.717, 1.165) is 28.7 Å². The fraction of sp³-hybridized carbons (Fsp3) is 0.130. The summed E-state index contributed by atoms with van der Waals surface area (Å²) in [5.74, 6) is -1.38. The number of hydrogen-bond donors (Lipinski definition) is 1. The van der Waals surface area contributed by atoms with E-state index in [1.165, 1.54) is 54.6 Å². The van der Waals surface area contributed by atoms with Crippen molar-refractivity contribution in [1.29, 1.82) is 0 Å². The molecule has 0 fully saturated rings. The molecular weight excluding hydrogens is 474 g/mol. The number of hydrogen-bond acceptors (Lipinski definition) is 4. The molecule has 0 saturated carbocycles. The Morgan fingerprint density at radius 2 is 1.56 bits per heavy atom. The van der Waals surface area contributed by atoms with Gasteiger partial charge in [-0.3, -0.25) is 4.79 Å². The van der Waals surface area contributed by atoms with Crippen molar-refractivity contribution in [2.24, 2.45) is 5.10 Å². The van der Waals surface area contributed by atoms with Gasteiger partial charge in [-0.2, -0.15) is 22.6 Å². The van der Waals surface area contributed by atoms with E-state index in [2.05, 4.69) is 10.5 Å². The van der Waals surface area contributed by atoms with Crippen molar-refractivity contribution in [3.05, 3.63) is 101 Å². The highest BCUT2D eigenvalue weighted by atomic mass is 32.2. The second kappa shape index (κ2) is 10.6. The first-order chi connectivity index (χ1) is 16.1. The van der Waals surface area contributed by atoms with Crippen LogP contribution in [0.2, 0.25) is 0 Å². The summed E-state index contributed by atoms with van der Waals surface area (Å²) in [6.07, 6.45) is -3.78. The summed E-state index contributed by atoms with van der Waals surface area (Å²) in [4.78, 5) is 12.4. The van der Waals surface area contributed by atoms with Crippen LogP contribution in [0.1, 0.15) is 16.7 Å². The average molecular weight is 493 g/mol. The Morgan fingerprint density at radius 1 is 0.941 bits per heavy atom. The lowest BCUT2D eigenvalue weighted by Gasteiger charge is -2.21.